The second kappa shape index (κ2) is 10.0. The normalized spacial score (nSPS) is 11.4. The first-order valence-corrected chi connectivity index (χ1v) is 11.3. The van der Waals surface area contributed by atoms with E-state index in [0.717, 1.165) is 10.1 Å². The maximum Gasteiger partial charge on any atom is 0.331 e. The van der Waals surface area contributed by atoms with Gasteiger partial charge in [0.05, 0.1) is 6.54 Å². The molecule has 1 N–H and O–H groups in total. The zero-order chi connectivity index (χ0) is 24.2. The van der Waals surface area contributed by atoms with Gasteiger partial charge in [0, 0.05) is 18.8 Å². The van der Waals surface area contributed by atoms with Crippen LogP contribution in [-0.4, -0.2) is 21.6 Å². The molecule has 0 aliphatic rings. The number of carbonyl (C=O) groups excluding carboxylic acids is 1. The average molecular weight is 448 g/mol. The van der Waals surface area contributed by atoms with Gasteiger partial charge in [-0.15, -0.1) is 0 Å². The van der Waals surface area contributed by atoms with E-state index in [1.54, 1.807) is 0 Å². The summed E-state index contributed by atoms with van der Waals surface area (Å²) in [6, 6.07) is 15.2. The van der Waals surface area contributed by atoms with E-state index in [1.807, 2.05) is 30.3 Å². The fraction of sp³-hybridized carbons (Fsp3) is 0.370. The van der Waals surface area contributed by atoms with E-state index in [9.17, 15) is 14.4 Å². The number of aryl methyl sites for hydroxylation is 2. The standard InChI is InChI=1S/C27H33N3O3/c1-19-15-22(27(3,4)5)16-20(2)23(19)11-13-28-24(31)18-30-25(32)12-14-29(26(30)33)17-21-9-7-6-8-10-21/h6-10,12,14-16H,11,13,17-18H2,1-5H3,(H,28,31). The van der Waals surface area contributed by atoms with Gasteiger partial charge in [-0.1, -0.05) is 63.2 Å². The van der Waals surface area contributed by atoms with Crippen molar-refractivity contribution < 1.29 is 4.79 Å². The smallest absolute Gasteiger partial charge is 0.331 e. The maximum absolute atomic E-state index is 12.8. The molecule has 1 aromatic heterocycles. The summed E-state index contributed by atoms with van der Waals surface area (Å²) in [6.45, 7) is 11.3. The van der Waals surface area contributed by atoms with Crippen LogP contribution >= 0.6 is 0 Å². The molecule has 33 heavy (non-hydrogen) atoms. The summed E-state index contributed by atoms with van der Waals surface area (Å²) in [7, 11) is 0. The molecule has 3 aromatic rings. The Bertz CT molecular complexity index is 1230. The van der Waals surface area contributed by atoms with E-state index in [0.29, 0.717) is 19.5 Å². The summed E-state index contributed by atoms with van der Waals surface area (Å²) in [5, 5.41) is 2.86. The monoisotopic (exact) mass is 447 g/mol. The number of amides is 1. The highest BCUT2D eigenvalue weighted by Crippen LogP contribution is 2.27. The Morgan fingerprint density at radius 2 is 1.61 bits per heavy atom. The van der Waals surface area contributed by atoms with Gasteiger partial charge in [0.2, 0.25) is 5.91 Å². The Kier molecular flexibility index (Phi) is 7.36. The molecular formula is C27H33N3O3. The molecule has 0 spiro atoms. The van der Waals surface area contributed by atoms with Gasteiger partial charge < -0.3 is 5.32 Å². The van der Waals surface area contributed by atoms with Gasteiger partial charge in [-0.25, -0.2) is 4.79 Å². The highest BCUT2D eigenvalue weighted by molar-refractivity contribution is 5.75. The lowest BCUT2D eigenvalue weighted by atomic mass is 9.83. The Labute approximate surface area is 194 Å². The minimum atomic E-state index is -0.494. The van der Waals surface area contributed by atoms with Gasteiger partial charge in [0.1, 0.15) is 6.54 Å². The maximum atomic E-state index is 12.8. The third kappa shape index (κ3) is 6.09. The highest BCUT2D eigenvalue weighted by Gasteiger charge is 2.16. The number of nitrogens with zero attached hydrogens (tertiary/aromatic N) is 2. The van der Waals surface area contributed by atoms with Crippen molar-refractivity contribution >= 4 is 5.91 Å². The Balaban J connectivity index is 1.65. The van der Waals surface area contributed by atoms with Crippen molar-refractivity contribution in [2.45, 2.75) is 59.5 Å². The average Bonchev–Trinajstić information content (AvgIpc) is 2.75. The predicted octanol–water partition coefficient (Wildman–Crippen LogP) is 3.33. The first-order valence-electron chi connectivity index (χ1n) is 11.3. The van der Waals surface area contributed by atoms with Crippen molar-refractivity contribution in [3.05, 3.63) is 103 Å². The molecule has 174 valence electrons. The Morgan fingerprint density at radius 3 is 2.21 bits per heavy atom. The van der Waals surface area contributed by atoms with E-state index in [4.69, 9.17) is 0 Å². The van der Waals surface area contributed by atoms with E-state index in [1.165, 1.54) is 39.1 Å². The number of hydrogen-bond acceptors (Lipinski definition) is 3. The molecule has 0 fully saturated rings. The van der Waals surface area contributed by atoms with Crippen LogP contribution < -0.4 is 16.6 Å². The quantitative estimate of drug-likeness (QED) is 0.604. The second-order valence-corrected chi connectivity index (χ2v) is 9.57. The number of rotatable bonds is 7. The summed E-state index contributed by atoms with van der Waals surface area (Å²) in [6.07, 6.45) is 2.16. The molecule has 1 amide bonds. The van der Waals surface area contributed by atoms with Crippen LogP contribution in [0.5, 0.6) is 0 Å². The van der Waals surface area contributed by atoms with E-state index < -0.39 is 11.2 Å². The van der Waals surface area contributed by atoms with Crippen molar-refractivity contribution in [3.8, 4) is 0 Å². The molecule has 0 atom stereocenters. The number of benzene rings is 2. The molecule has 3 rings (SSSR count). The number of nitrogens with one attached hydrogen (secondary N) is 1. The zero-order valence-corrected chi connectivity index (χ0v) is 20.1. The molecular weight excluding hydrogens is 414 g/mol. The Hall–Kier alpha value is -3.41. The van der Waals surface area contributed by atoms with Crippen LogP contribution in [0.1, 0.15) is 48.6 Å². The van der Waals surface area contributed by atoms with Gasteiger partial charge in [-0.05, 0) is 53.5 Å². The number of hydrogen-bond donors (Lipinski definition) is 1. The molecule has 0 aliphatic heterocycles. The molecule has 0 saturated heterocycles. The first-order chi connectivity index (χ1) is 15.6. The second-order valence-electron chi connectivity index (χ2n) is 9.57. The lowest BCUT2D eigenvalue weighted by molar-refractivity contribution is -0.121. The molecule has 6 heteroatoms. The highest BCUT2D eigenvalue weighted by atomic mass is 16.2. The minimum Gasteiger partial charge on any atom is -0.354 e. The predicted molar refractivity (Wildman–Crippen MR) is 132 cm³/mol. The Morgan fingerprint density at radius 1 is 0.970 bits per heavy atom. The van der Waals surface area contributed by atoms with Crippen molar-refractivity contribution in [3.63, 3.8) is 0 Å². The fourth-order valence-corrected chi connectivity index (χ4v) is 3.95. The van der Waals surface area contributed by atoms with Crippen LogP contribution in [-0.2, 0) is 29.7 Å². The summed E-state index contributed by atoms with van der Waals surface area (Å²) < 4.78 is 2.42. The van der Waals surface area contributed by atoms with Crippen molar-refractivity contribution in [2.75, 3.05) is 6.54 Å². The van der Waals surface area contributed by atoms with Gasteiger partial charge >= 0.3 is 5.69 Å². The summed E-state index contributed by atoms with van der Waals surface area (Å²) in [4.78, 5) is 37.5. The van der Waals surface area contributed by atoms with Gasteiger partial charge in [0.15, 0.2) is 0 Å². The number of carbonyl (C=O) groups is 1. The minimum absolute atomic E-state index is 0.0820. The zero-order valence-electron chi connectivity index (χ0n) is 20.1. The molecule has 0 aliphatic carbocycles. The van der Waals surface area contributed by atoms with Crippen molar-refractivity contribution in [2.24, 2.45) is 0 Å². The van der Waals surface area contributed by atoms with Crippen molar-refractivity contribution in [1.82, 2.24) is 14.5 Å². The van der Waals surface area contributed by atoms with Gasteiger partial charge in [-0.2, -0.15) is 0 Å². The number of aromatic nitrogens is 2. The SMILES string of the molecule is Cc1cc(C(C)(C)C)cc(C)c1CCNC(=O)Cn1c(=O)ccn(Cc2ccccc2)c1=O. The van der Waals surface area contributed by atoms with Gasteiger partial charge in [-0.3, -0.25) is 18.7 Å². The summed E-state index contributed by atoms with van der Waals surface area (Å²) in [5.41, 5.74) is 4.96. The van der Waals surface area contributed by atoms with Crippen LogP contribution in [0.25, 0.3) is 0 Å². The van der Waals surface area contributed by atoms with Crippen LogP contribution in [0, 0.1) is 13.8 Å². The lowest BCUT2D eigenvalue weighted by Gasteiger charge is -2.22. The first kappa shape index (κ1) is 24.2. The van der Waals surface area contributed by atoms with Crippen molar-refractivity contribution in [1.29, 1.82) is 0 Å². The largest absolute Gasteiger partial charge is 0.354 e. The van der Waals surface area contributed by atoms with Crippen LogP contribution in [0.15, 0.2) is 64.3 Å². The molecule has 0 unspecified atom stereocenters. The molecule has 0 radical (unpaired) electrons. The topological polar surface area (TPSA) is 73.1 Å². The van der Waals surface area contributed by atoms with Crippen LogP contribution in [0.3, 0.4) is 0 Å². The van der Waals surface area contributed by atoms with Crippen LogP contribution in [0.4, 0.5) is 0 Å². The lowest BCUT2D eigenvalue weighted by Crippen LogP contribution is -2.43. The third-order valence-corrected chi connectivity index (χ3v) is 5.90. The fourth-order valence-electron chi connectivity index (χ4n) is 3.95. The molecule has 6 nitrogen and oxygen atoms in total. The van der Waals surface area contributed by atoms with E-state index in [-0.39, 0.29) is 17.9 Å². The van der Waals surface area contributed by atoms with E-state index in [2.05, 4.69) is 52.1 Å². The molecule has 0 bridgehead atoms. The molecule has 0 saturated carbocycles. The third-order valence-electron chi connectivity index (χ3n) is 5.90. The summed E-state index contributed by atoms with van der Waals surface area (Å²) in [5.74, 6) is -0.353. The van der Waals surface area contributed by atoms with E-state index >= 15 is 0 Å². The van der Waals surface area contributed by atoms with Crippen LogP contribution in [0.2, 0.25) is 0 Å². The van der Waals surface area contributed by atoms with Gasteiger partial charge in [0.25, 0.3) is 5.56 Å². The molecule has 1 heterocycles. The molecule has 2 aromatic carbocycles. The summed E-state index contributed by atoms with van der Waals surface area (Å²) >= 11 is 0.